The van der Waals surface area contributed by atoms with E-state index in [1.807, 2.05) is 11.3 Å². The molecule has 0 N–H and O–H groups in total. The predicted molar refractivity (Wildman–Crippen MR) is 58.8 cm³/mol. The van der Waals surface area contributed by atoms with Gasteiger partial charge in [-0.2, -0.15) is 0 Å². The fourth-order valence-electron chi connectivity index (χ4n) is 0.953. The van der Waals surface area contributed by atoms with Crippen molar-refractivity contribution in [2.45, 2.75) is 41.0 Å². The lowest BCUT2D eigenvalue weighted by Crippen LogP contribution is -2.05. The van der Waals surface area contributed by atoms with Crippen molar-refractivity contribution >= 4 is 11.3 Å². The van der Waals surface area contributed by atoms with Gasteiger partial charge in [0.1, 0.15) is 0 Å². The second kappa shape index (κ2) is 4.66. The van der Waals surface area contributed by atoms with Crippen LogP contribution in [-0.4, -0.2) is 0 Å². The molecule has 1 aromatic heterocycles. The van der Waals surface area contributed by atoms with E-state index in [0.717, 1.165) is 0 Å². The molecule has 1 heteroatoms. The molecule has 0 aromatic carbocycles. The van der Waals surface area contributed by atoms with Crippen LogP contribution in [0.15, 0.2) is 17.5 Å². The standard InChI is InChI=1S/C10H16S.CH4/c1-10(2,3)7-6-9-5-4-8-11-9;/h4-5,8H,6-7H2,1-3H3;1H4. The summed E-state index contributed by atoms with van der Waals surface area (Å²) in [5.41, 5.74) is 0.476. The van der Waals surface area contributed by atoms with E-state index in [2.05, 4.69) is 38.3 Å². The molecule has 1 rings (SSSR count). The second-order valence-electron chi connectivity index (χ2n) is 4.14. The third kappa shape index (κ3) is 4.55. The third-order valence-corrected chi connectivity index (χ3v) is 2.64. The molecule has 0 aliphatic carbocycles. The van der Waals surface area contributed by atoms with Crippen LogP contribution >= 0.6 is 11.3 Å². The SMILES string of the molecule is C.CC(C)(C)CCc1cccs1. The molecule has 0 radical (unpaired) electrons. The second-order valence-corrected chi connectivity index (χ2v) is 5.17. The van der Waals surface area contributed by atoms with Crippen LogP contribution in [0.2, 0.25) is 0 Å². The lowest BCUT2D eigenvalue weighted by Gasteiger charge is -2.16. The lowest BCUT2D eigenvalue weighted by molar-refractivity contribution is 0.379. The molecular weight excluding hydrogens is 164 g/mol. The molecule has 0 amide bonds. The average molecular weight is 184 g/mol. The summed E-state index contributed by atoms with van der Waals surface area (Å²) >= 11 is 1.86. The van der Waals surface area contributed by atoms with Gasteiger partial charge in [0, 0.05) is 4.88 Å². The quantitative estimate of drug-likeness (QED) is 0.640. The summed E-state index contributed by atoms with van der Waals surface area (Å²) in [6, 6.07) is 4.35. The molecule has 0 aliphatic heterocycles. The first kappa shape index (κ1) is 11.7. The maximum Gasteiger partial charge on any atom is 0.00454 e. The topological polar surface area (TPSA) is 0 Å². The summed E-state index contributed by atoms with van der Waals surface area (Å²) in [7, 11) is 0. The summed E-state index contributed by atoms with van der Waals surface area (Å²) in [5, 5.41) is 2.15. The van der Waals surface area contributed by atoms with Crippen LogP contribution in [0, 0.1) is 5.41 Å². The van der Waals surface area contributed by atoms with E-state index in [-0.39, 0.29) is 7.43 Å². The highest BCUT2D eigenvalue weighted by Crippen LogP contribution is 2.22. The number of hydrogen-bond donors (Lipinski definition) is 0. The van der Waals surface area contributed by atoms with Gasteiger partial charge in [-0.3, -0.25) is 0 Å². The summed E-state index contributed by atoms with van der Waals surface area (Å²) in [6.07, 6.45) is 2.52. The monoisotopic (exact) mass is 184 g/mol. The van der Waals surface area contributed by atoms with Gasteiger partial charge in [0.15, 0.2) is 0 Å². The van der Waals surface area contributed by atoms with E-state index in [1.165, 1.54) is 17.7 Å². The zero-order valence-electron chi connectivity index (χ0n) is 7.55. The van der Waals surface area contributed by atoms with Crippen molar-refractivity contribution in [3.63, 3.8) is 0 Å². The number of hydrogen-bond acceptors (Lipinski definition) is 1. The Bertz CT molecular complexity index is 191. The first-order valence-corrected chi connectivity index (χ1v) is 4.98. The number of thiophene rings is 1. The zero-order chi connectivity index (χ0) is 8.32. The Morgan fingerprint density at radius 2 is 2.00 bits per heavy atom. The van der Waals surface area contributed by atoms with Crippen molar-refractivity contribution in [2.24, 2.45) is 5.41 Å². The van der Waals surface area contributed by atoms with Crippen LogP contribution in [0.1, 0.15) is 39.5 Å². The molecule has 0 atom stereocenters. The molecule has 0 saturated carbocycles. The minimum absolute atomic E-state index is 0. The fraction of sp³-hybridized carbons (Fsp3) is 0.636. The Labute approximate surface area is 80.6 Å². The van der Waals surface area contributed by atoms with E-state index in [4.69, 9.17) is 0 Å². The number of aryl methyl sites for hydroxylation is 1. The van der Waals surface area contributed by atoms with Crippen molar-refractivity contribution in [2.75, 3.05) is 0 Å². The van der Waals surface area contributed by atoms with Crippen LogP contribution in [0.4, 0.5) is 0 Å². The van der Waals surface area contributed by atoms with Crippen LogP contribution in [0.3, 0.4) is 0 Å². The van der Waals surface area contributed by atoms with Crippen molar-refractivity contribution in [1.82, 2.24) is 0 Å². The Kier molecular flexibility index (Phi) is 4.54. The van der Waals surface area contributed by atoms with Gasteiger partial charge in [-0.1, -0.05) is 34.3 Å². The molecule has 70 valence electrons. The van der Waals surface area contributed by atoms with Gasteiger partial charge >= 0.3 is 0 Å². The minimum Gasteiger partial charge on any atom is -0.149 e. The van der Waals surface area contributed by atoms with Crippen LogP contribution < -0.4 is 0 Å². The van der Waals surface area contributed by atoms with Crippen LogP contribution in [0.5, 0.6) is 0 Å². The fourth-order valence-corrected chi connectivity index (χ4v) is 1.66. The van der Waals surface area contributed by atoms with Crippen LogP contribution in [-0.2, 0) is 6.42 Å². The van der Waals surface area contributed by atoms with Gasteiger partial charge in [-0.25, -0.2) is 0 Å². The van der Waals surface area contributed by atoms with E-state index in [0.29, 0.717) is 5.41 Å². The highest BCUT2D eigenvalue weighted by molar-refractivity contribution is 7.09. The highest BCUT2D eigenvalue weighted by Gasteiger charge is 2.09. The molecule has 12 heavy (non-hydrogen) atoms. The van der Waals surface area contributed by atoms with Gasteiger partial charge in [0.2, 0.25) is 0 Å². The summed E-state index contributed by atoms with van der Waals surface area (Å²) in [6.45, 7) is 6.88. The third-order valence-electron chi connectivity index (χ3n) is 1.70. The Morgan fingerprint density at radius 1 is 1.33 bits per heavy atom. The molecule has 0 spiro atoms. The van der Waals surface area contributed by atoms with Gasteiger partial charge in [0.25, 0.3) is 0 Å². The molecule has 1 heterocycles. The van der Waals surface area contributed by atoms with E-state index in [1.54, 1.807) is 0 Å². The van der Waals surface area contributed by atoms with Gasteiger partial charge in [-0.15, -0.1) is 11.3 Å². The molecule has 0 aliphatic rings. The Hall–Kier alpha value is -0.300. The maximum absolute atomic E-state index is 2.29. The van der Waals surface area contributed by atoms with Crippen molar-refractivity contribution in [3.8, 4) is 0 Å². The van der Waals surface area contributed by atoms with Crippen molar-refractivity contribution in [1.29, 1.82) is 0 Å². The molecule has 1 aromatic rings. The molecule has 0 nitrogen and oxygen atoms in total. The Balaban J connectivity index is 0.00000121. The molecule has 0 bridgehead atoms. The van der Waals surface area contributed by atoms with E-state index < -0.39 is 0 Å². The van der Waals surface area contributed by atoms with Gasteiger partial charge in [0.05, 0.1) is 0 Å². The summed E-state index contributed by atoms with van der Waals surface area (Å²) in [4.78, 5) is 1.51. The Morgan fingerprint density at radius 3 is 2.42 bits per heavy atom. The van der Waals surface area contributed by atoms with E-state index in [9.17, 15) is 0 Å². The summed E-state index contributed by atoms with van der Waals surface area (Å²) < 4.78 is 0. The first-order chi connectivity index (χ1) is 5.08. The first-order valence-electron chi connectivity index (χ1n) is 4.10. The van der Waals surface area contributed by atoms with Gasteiger partial charge < -0.3 is 0 Å². The molecular formula is C11H20S. The smallest absolute Gasteiger partial charge is 0.00454 e. The lowest BCUT2D eigenvalue weighted by atomic mass is 9.90. The number of rotatable bonds is 2. The van der Waals surface area contributed by atoms with Crippen LogP contribution in [0.25, 0.3) is 0 Å². The molecule has 0 saturated heterocycles. The maximum atomic E-state index is 2.29. The predicted octanol–water partition coefficient (Wildman–Crippen LogP) is 4.36. The molecule has 0 fully saturated rings. The average Bonchev–Trinajstić information content (AvgIpc) is 2.32. The van der Waals surface area contributed by atoms with E-state index >= 15 is 0 Å². The highest BCUT2D eigenvalue weighted by atomic mass is 32.1. The van der Waals surface area contributed by atoms with Gasteiger partial charge in [-0.05, 0) is 29.7 Å². The summed E-state index contributed by atoms with van der Waals surface area (Å²) in [5.74, 6) is 0. The minimum atomic E-state index is 0. The normalized spacial score (nSPS) is 10.9. The van der Waals surface area contributed by atoms with Crippen molar-refractivity contribution < 1.29 is 0 Å². The largest absolute Gasteiger partial charge is 0.149 e. The van der Waals surface area contributed by atoms with Crippen molar-refractivity contribution in [3.05, 3.63) is 22.4 Å². The zero-order valence-corrected chi connectivity index (χ0v) is 8.37. The molecule has 0 unspecified atom stereocenters.